The molecule has 4 aromatic rings. The number of nitrogens with zero attached hydrogens (tertiary/aromatic N) is 3. The van der Waals surface area contributed by atoms with E-state index in [1.54, 1.807) is 23.8 Å². The number of thioether (sulfide) groups is 1. The predicted octanol–water partition coefficient (Wildman–Crippen LogP) is 6.48. The van der Waals surface area contributed by atoms with E-state index in [4.69, 9.17) is 14.2 Å². The van der Waals surface area contributed by atoms with Crippen molar-refractivity contribution in [2.24, 2.45) is 0 Å². The van der Waals surface area contributed by atoms with Crippen LogP contribution in [-0.2, 0) is 0 Å². The summed E-state index contributed by atoms with van der Waals surface area (Å²) in [6.07, 6.45) is 2.04. The normalized spacial score (nSPS) is 15.7. The lowest BCUT2D eigenvalue weighted by atomic mass is 9.94. The Balaban J connectivity index is 1.62. The second kappa shape index (κ2) is 9.91. The van der Waals surface area contributed by atoms with E-state index in [-0.39, 0.29) is 6.03 Å². The smallest absolute Gasteiger partial charge is 0.326 e. The number of methoxy groups -OCH3 is 1. The molecule has 182 valence electrons. The van der Waals surface area contributed by atoms with Crippen molar-refractivity contribution in [1.82, 2.24) is 15.5 Å². The number of benzene rings is 3. The number of amides is 2. The molecule has 0 saturated carbocycles. The third-order valence-electron chi connectivity index (χ3n) is 6.20. The number of carbonyl (C=O) groups excluding carboxylic acids is 1. The van der Waals surface area contributed by atoms with Gasteiger partial charge in [-0.05, 0) is 79.8 Å². The Hall–Kier alpha value is -4.04. The minimum atomic E-state index is -0.475. The number of nitrogens with one attached hydrogen (secondary N) is 1. The monoisotopic (exact) mass is 498 g/mol. The second-order valence-electron chi connectivity index (χ2n) is 8.48. The van der Waals surface area contributed by atoms with E-state index in [2.05, 4.69) is 10.5 Å². The number of rotatable bonds is 6. The van der Waals surface area contributed by atoms with Crippen molar-refractivity contribution in [1.29, 1.82) is 0 Å². The Kier molecular flexibility index (Phi) is 6.52. The highest BCUT2D eigenvalue weighted by molar-refractivity contribution is 7.98. The van der Waals surface area contributed by atoms with Crippen LogP contribution in [0.25, 0.3) is 17.0 Å². The number of aryl methyl sites for hydroxylation is 1. The highest BCUT2D eigenvalue weighted by Gasteiger charge is 2.36. The molecular formula is C28H26N4O3S. The van der Waals surface area contributed by atoms with Crippen LogP contribution >= 0.6 is 11.8 Å². The van der Waals surface area contributed by atoms with Gasteiger partial charge in [-0.1, -0.05) is 29.4 Å². The van der Waals surface area contributed by atoms with Crippen molar-refractivity contribution >= 4 is 29.1 Å². The van der Waals surface area contributed by atoms with E-state index in [0.717, 1.165) is 44.3 Å². The summed E-state index contributed by atoms with van der Waals surface area (Å²) < 4.78 is 11.1. The summed E-state index contributed by atoms with van der Waals surface area (Å²) in [5.74, 6) is 1.58. The molecule has 0 bridgehead atoms. The Bertz CT molecular complexity index is 1430. The first-order valence-electron chi connectivity index (χ1n) is 11.5. The number of urea groups is 1. The first-order chi connectivity index (χ1) is 17.5. The zero-order valence-corrected chi connectivity index (χ0v) is 21.3. The molecule has 1 aliphatic rings. The Morgan fingerprint density at radius 2 is 1.78 bits per heavy atom. The van der Waals surface area contributed by atoms with Crippen LogP contribution in [0.4, 0.5) is 10.5 Å². The van der Waals surface area contributed by atoms with Crippen molar-refractivity contribution in [3.8, 4) is 17.1 Å². The highest BCUT2D eigenvalue weighted by atomic mass is 32.2. The van der Waals surface area contributed by atoms with Gasteiger partial charge in [-0.3, -0.25) is 4.90 Å². The lowest BCUT2D eigenvalue weighted by Crippen LogP contribution is -2.46. The third kappa shape index (κ3) is 4.47. The molecule has 7 nitrogen and oxygen atoms in total. The average molecular weight is 499 g/mol. The van der Waals surface area contributed by atoms with Gasteiger partial charge in [0.15, 0.2) is 0 Å². The summed E-state index contributed by atoms with van der Waals surface area (Å²) >= 11 is 1.67. The summed E-state index contributed by atoms with van der Waals surface area (Å²) in [7, 11) is 1.62. The number of allylic oxidation sites excluding steroid dienone is 1. The average Bonchev–Trinajstić information content (AvgIpc) is 3.38. The lowest BCUT2D eigenvalue weighted by Gasteiger charge is -2.35. The number of hydrogen-bond acceptors (Lipinski definition) is 6. The SMILES string of the molecule is COc1ccc(C2NC(=O)N(c3cccc(C)c3)C(C)=C2c2nc(-c3ccc(SC)cc3)no2)cc1. The summed E-state index contributed by atoms with van der Waals surface area (Å²) in [5, 5.41) is 7.40. The van der Waals surface area contributed by atoms with E-state index >= 15 is 0 Å². The third-order valence-corrected chi connectivity index (χ3v) is 6.94. The van der Waals surface area contributed by atoms with Crippen LogP contribution in [0.3, 0.4) is 0 Å². The van der Waals surface area contributed by atoms with Crippen LogP contribution in [0.1, 0.15) is 30.0 Å². The number of ether oxygens (including phenoxy) is 1. The quantitative estimate of drug-likeness (QED) is 0.307. The predicted molar refractivity (Wildman–Crippen MR) is 142 cm³/mol. The lowest BCUT2D eigenvalue weighted by molar-refractivity contribution is 0.244. The Labute approximate surface area is 214 Å². The van der Waals surface area contributed by atoms with E-state index in [1.807, 2.05) is 92.9 Å². The van der Waals surface area contributed by atoms with Crippen LogP contribution in [0.2, 0.25) is 0 Å². The van der Waals surface area contributed by atoms with Crippen LogP contribution in [0, 0.1) is 6.92 Å². The fourth-order valence-electron chi connectivity index (χ4n) is 4.33. The first kappa shape index (κ1) is 23.7. The van der Waals surface area contributed by atoms with Crippen LogP contribution in [0.15, 0.2) is 87.9 Å². The molecule has 0 aliphatic carbocycles. The fraction of sp³-hybridized carbons (Fsp3) is 0.179. The molecule has 3 aromatic carbocycles. The summed E-state index contributed by atoms with van der Waals surface area (Å²) in [6, 6.07) is 22.7. The molecule has 8 heteroatoms. The molecule has 0 fully saturated rings. The molecule has 1 unspecified atom stereocenters. The van der Waals surface area contributed by atoms with Gasteiger partial charge >= 0.3 is 6.03 Å². The van der Waals surface area contributed by atoms with E-state index in [1.165, 1.54) is 0 Å². The molecule has 1 aromatic heterocycles. The molecule has 0 spiro atoms. The second-order valence-corrected chi connectivity index (χ2v) is 9.36. The van der Waals surface area contributed by atoms with Gasteiger partial charge in [-0.15, -0.1) is 11.8 Å². The molecule has 1 N–H and O–H groups in total. The number of aromatic nitrogens is 2. The maximum absolute atomic E-state index is 13.4. The summed E-state index contributed by atoms with van der Waals surface area (Å²) in [4.78, 5) is 20.9. The molecule has 2 heterocycles. The maximum Gasteiger partial charge on any atom is 0.326 e. The zero-order chi connectivity index (χ0) is 25.2. The fourth-order valence-corrected chi connectivity index (χ4v) is 4.74. The van der Waals surface area contributed by atoms with Gasteiger partial charge in [0, 0.05) is 16.2 Å². The molecule has 1 atom stereocenters. The molecule has 36 heavy (non-hydrogen) atoms. The molecule has 1 aliphatic heterocycles. The van der Waals surface area contributed by atoms with Gasteiger partial charge in [-0.2, -0.15) is 4.98 Å². The molecule has 2 amide bonds. The van der Waals surface area contributed by atoms with Crippen molar-refractivity contribution in [3.63, 3.8) is 0 Å². The summed E-state index contributed by atoms with van der Waals surface area (Å²) in [6.45, 7) is 3.90. The van der Waals surface area contributed by atoms with Gasteiger partial charge in [-0.25, -0.2) is 4.79 Å². The van der Waals surface area contributed by atoms with Gasteiger partial charge in [0.2, 0.25) is 5.82 Å². The van der Waals surface area contributed by atoms with Crippen LogP contribution in [0.5, 0.6) is 5.75 Å². The zero-order valence-electron chi connectivity index (χ0n) is 20.5. The van der Waals surface area contributed by atoms with Crippen LogP contribution < -0.4 is 15.0 Å². The minimum absolute atomic E-state index is 0.227. The van der Waals surface area contributed by atoms with Crippen molar-refractivity contribution < 1.29 is 14.1 Å². The van der Waals surface area contributed by atoms with E-state index in [0.29, 0.717) is 11.7 Å². The van der Waals surface area contributed by atoms with Crippen molar-refractivity contribution in [2.45, 2.75) is 24.8 Å². The number of anilines is 1. The Morgan fingerprint density at radius 3 is 2.44 bits per heavy atom. The largest absolute Gasteiger partial charge is 0.497 e. The Morgan fingerprint density at radius 1 is 1.03 bits per heavy atom. The van der Waals surface area contributed by atoms with Crippen molar-refractivity contribution in [2.75, 3.05) is 18.3 Å². The topological polar surface area (TPSA) is 80.5 Å². The highest BCUT2D eigenvalue weighted by Crippen LogP contribution is 2.39. The van der Waals surface area contributed by atoms with Gasteiger partial charge in [0.25, 0.3) is 5.89 Å². The number of hydrogen-bond donors (Lipinski definition) is 1. The first-order valence-corrected chi connectivity index (χ1v) is 12.7. The van der Waals surface area contributed by atoms with Crippen molar-refractivity contribution in [3.05, 3.63) is 95.5 Å². The van der Waals surface area contributed by atoms with Gasteiger partial charge < -0.3 is 14.6 Å². The molecule has 0 saturated heterocycles. The van der Waals surface area contributed by atoms with E-state index < -0.39 is 6.04 Å². The number of carbonyl (C=O) groups is 1. The maximum atomic E-state index is 13.4. The minimum Gasteiger partial charge on any atom is -0.497 e. The summed E-state index contributed by atoms with van der Waals surface area (Å²) in [5.41, 5.74) is 5.02. The van der Waals surface area contributed by atoms with Gasteiger partial charge in [0.05, 0.1) is 24.4 Å². The van der Waals surface area contributed by atoms with Crippen LogP contribution in [-0.4, -0.2) is 29.5 Å². The standard InChI is InChI=1S/C28H26N4O3S/c1-17-6-5-7-21(16-17)32-18(2)24(25(29-28(32)33)19-8-12-22(34-3)13-9-19)27-30-26(31-35-27)20-10-14-23(36-4)15-11-20/h5-16,25H,1-4H3,(H,29,33). The van der Waals surface area contributed by atoms with E-state index in [9.17, 15) is 4.79 Å². The van der Waals surface area contributed by atoms with Gasteiger partial charge in [0.1, 0.15) is 5.75 Å². The molecular weight excluding hydrogens is 472 g/mol. The molecule has 5 rings (SSSR count). The molecule has 0 radical (unpaired) electrons.